The first-order valence-electron chi connectivity index (χ1n) is 9.69. The van der Waals surface area contributed by atoms with Crippen molar-refractivity contribution < 1.29 is 22.1 Å². The van der Waals surface area contributed by atoms with Crippen molar-refractivity contribution in [2.24, 2.45) is 4.99 Å². The maximum Gasteiger partial charge on any atom is 0.306 e. The van der Waals surface area contributed by atoms with E-state index in [2.05, 4.69) is 4.99 Å². The van der Waals surface area contributed by atoms with E-state index < -0.39 is 16.0 Å². The van der Waals surface area contributed by atoms with Crippen LogP contribution < -0.4 is 8.92 Å². The minimum Gasteiger partial charge on any atom is -0.490 e. The Labute approximate surface area is 200 Å². The second-order valence-electron chi connectivity index (χ2n) is 6.98. The molecule has 0 bridgehead atoms. The molecule has 0 saturated carbocycles. The van der Waals surface area contributed by atoms with Crippen LogP contribution >= 0.6 is 23.4 Å². The number of amidine groups is 2. The lowest BCUT2D eigenvalue weighted by Crippen LogP contribution is -2.38. The third-order valence-corrected chi connectivity index (χ3v) is 6.14. The van der Waals surface area contributed by atoms with E-state index >= 15 is 0 Å². The molecule has 0 radical (unpaired) electrons. The highest BCUT2D eigenvalue weighted by Crippen LogP contribution is 2.40. The number of ether oxygens (including phenoxy) is 1. The van der Waals surface area contributed by atoms with Crippen LogP contribution in [-0.4, -0.2) is 43.1 Å². The summed E-state index contributed by atoms with van der Waals surface area (Å²) in [5, 5.41) is 11.0. The molecular weight excluding hydrogens is 486 g/mol. The summed E-state index contributed by atoms with van der Waals surface area (Å²) in [7, 11) is -3.84. The molecule has 0 spiro atoms. The Bertz CT molecular complexity index is 1350. The van der Waals surface area contributed by atoms with Gasteiger partial charge < -0.3 is 8.92 Å². The first-order chi connectivity index (χ1) is 15.7. The van der Waals surface area contributed by atoms with Gasteiger partial charge in [0.05, 0.1) is 29.2 Å². The van der Waals surface area contributed by atoms with E-state index in [0.717, 1.165) is 17.5 Å². The molecule has 1 amide bonds. The number of carbonyl (C=O) groups is 1. The van der Waals surface area contributed by atoms with E-state index in [4.69, 9.17) is 25.9 Å². The third-order valence-electron chi connectivity index (χ3n) is 4.56. The summed E-state index contributed by atoms with van der Waals surface area (Å²) in [5.41, 5.74) is 2.11. The summed E-state index contributed by atoms with van der Waals surface area (Å²) in [5.74, 6) is -0.635. The number of hydrogen-bond acceptors (Lipinski definition) is 7. The van der Waals surface area contributed by atoms with Gasteiger partial charge in [0.2, 0.25) is 5.75 Å². The molecule has 2 aromatic carbocycles. The largest absolute Gasteiger partial charge is 0.490 e. The van der Waals surface area contributed by atoms with Gasteiger partial charge in [0.15, 0.2) is 10.9 Å². The summed E-state index contributed by atoms with van der Waals surface area (Å²) >= 11 is 7.55. The first kappa shape index (κ1) is 23.1. The fourth-order valence-electron chi connectivity index (χ4n) is 3.25. The predicted molar refractivity (Wildman–Crippen MR) is 130 cm³/mol. The van der Waals surface area contributed by atoms with Gasteiger partial charge in [0.1, 0.15) is 5.84 Å². The molecule has 0 saturated heterocycles. The number of nitrogens with one attached hydrogen (secondary N) is 1. The standard InChI is InChI=1S/C22H18ClN3O5S2/c1-3-30-18-11-13(10-16(23)19(18)31-33(2,28)29)9-15-20(24)26-17(14-7-5-4-6-8-14)12-32-22(26)25-21(15)27/h4-12,24H,3H2,1-2H3/b15-9-,24-20?. The average molecular weight is 504 g/mol. The molecule has 2 aromatic rings. The van der Waals surface area contributed by atoms with E-state index in [1.807, 2.05) is 35.7 Å². The van der Waals surface area contributed by atoms with Crippen molar-refractivity contribution in [1.82, 2.24) is 4.90 Å². The third kappa shape index (κ3) is 4.82. The Balaban J connectivity index is 1.74. The lowest BCUT2D eigenvalue weighted by Gasteiger charge is -2.27. The molecular formula is C22H18ClN3O5S2. The van der Waals surface area contributed by atoms with Gasteiger partial charge in [-0.2, -0.15) is 13.4 Å². The van der Waals surface area contributed by atoms with Crippen LogP contribution in [0.4, 0.5) is 0 Å². The topological polar surface area (TPSA) is 109 Å². The van der Waals surface area contributed by atoms with Crippen LogP contribution in [-0.2, 0) is 14.9 Å². The van der Waals surface area contributed by atoms with Crippen LogP contribution in [0.15, 0.2) is 58.4 Å². The highest BCUT2D eigenvalue weighted by atomic mass is 35.5. The van der Waals surface area contributed by atoms with Crippen molar-refractivity contribution in [2.75, 3.05) is 12.9 Å². The Hall–Kier alpha value is -3.08. The minimum absolute atomic E-state index is 0.0150. The highest BCUT2D eigenvalue weighted by Gasteiger charge is 2.36. The molecule has 33 heavy (non-hydrogen) atoms. The van der Waals surface area contributed by atoms with E-state index in [1.165, 1.54) is 30.0 Å². The fraction of sp³-hybridized carbons (Fsp3) is 0.136. The van der Waals surface area contributed by atoms with Crippen molar-refractivity contribution in [2.45, 2.75) is 6.92 Å². The summed E-state index contributed by atoms with van der Waals surface area (Å²) in [6.45, 7) is 1.96. The fourth-order valence-corrected chi connectivity index (χ4v) is 4.91. The number of halogens is 1. The Morgan fingerprint density at radius 3 is 2.64 bits per heavy atom. The zero-order valence-corrected chi connectivity index (χ0v) is 19.9. The lowest BCUT2D eigenvalue weighted by molar-refractivity contribution is -0.114. The molecule has 11 heteroatoms. The van der Waals surface area contributed by atoms with Crippen molar-refractivity contribution in [1.29, 1.82) is 5.41 Å². The minimum atomic E-state index is -3.84. The zero-order chi connectivity index (χ0) is 23.8. The van der Waals surface area contributed by atoms with E-state index in [1.54, 1.807) is 11.8 Å². The molecule has 0 aromatic heterocycles. The number of hydrogen-bond donors (Lipinski definition) is 1. The van der Waals surface area contributed by atoms with Gasteiger partial charge in [-0.05, 0) is 36.3 Å². The van der Waals surface area contributed by atoms with Crippen LogP contribution in [0, 0.1) is 5.41 Å². The number of fused-ring (bicyclic) bond motifs is 1. The van der Waals surface area contributed by atoms with Gasteiger partial charge in [0.25, 0.3) is 5.91 Å². The quantitative estimate of drug-likeness (QED) is 0.460. The zero-order valence-electron chi connectivity index (χ0n) is 17.5. The average Bonchev–Trinajstić information content (AvgIpc) is 3.17. The SMILES string of the molecule is CCOc1cc(/C=C2/C(=N)N3C(c4ccccc4)=CSC3=NC2=O)cc(Cl)c1OS(C)(=O)=O. The summed E-state index contributed by atoms with van der Waals surface area (Å²) in [6, 6.07) is 12.4. The normalized spacial score (nSPS) is 17.1. The van der Waals surface area contributed by atoms with Crippen LogP contribution in [0.5, 0.6) is 11.5 Å². The molecule has 8 nitrogen and oxygen atoms in total. The monoisotopic (exact) mass is 503 g/mol. The molecule has 0 atom stereocenters. The highest BCUT2D eigenvalue weighted by molar-refractivity contribution is 8.17. The van der Waals surface area contributed by atoms with Gasteiger partial charge in [-0.3, -0.25) is 15.1 Å². The number of amides is 1. The van der Waals surface area contributed by atoms with E-state index in [9.17, 15) is 13.2 Å². The number of benzene rings is 2. The molecule has 0 unspecified atom stereocenters. The Kier molecular flexibility index (Phi) is 6.33. The summed E-state index contributed by atoms with van der Waals surface area (Å²) < 4.78 is 33.7. The van der Waals surface area contributed by atoms with Crippen LogP contribution in [0.25, 0.3) is 11.8 Å². The second kappa shape index (κ2) is 9.05. The molecule has 2 aliphatic rings. The second-order valence-corrected chi connectivity index (χ2v) is 9.80. The smallest absolute Gasteiger partial charge is 0.306 e. The first-order valence-corrected chi connectivity index (χ1v) is 12.8. The van der Waals surface area contributed by atoms with Crippen molar-refractivity contribution in [3.63, 3.8) is 0 Å². The summed E-state index contributed by atoms with van der Waals surface area (Å²) in [6.07, 6.45) is 2.37. The van der Waals surface area contributed by atoms with Crippen molar-refractivity contribution >= 4 is 62.2 Å². The van der Waals surface area contributed by atoms with Gasteiger partial charge in [-0.25, -0.2) is 0 Å². The van der Waals surface area contributed by atoms with Gasteiger partial charge in [-0.15, -0.1) is 0 Å². The molecule has 170 valence electrons. The molecule has 0 fully saturated rings. The summed E-state index contributed by atoms with van der Waals surface area (Å²) in [4.78, 5) is 18.5. The van der Waals surface area contributed by atoms with Crippen LogP contribution in [0.3, 0.4) is 0 Å². The lowest BCUT2D eigenvalue weighted by atomic mass is 10.1. The van der Waals surface area contributed by atoms with E-state index in [0.29, 0.717) is 10.7 Å². The van der Waals surface area contributed by atoms with Crippen molar-refractivity contribution in [3.8, 4) is 11.5 Å². The molecule has 4 rings (SSSR count). The van der Waals surface area contributed by atoms with Gasteiger partial charge >= 0.3 is 10.1 Å². The van der Waals surface area contributed by atoms with Gasteiger partial charge in [-0.1, -0.05) is 53.7 Å². The maximum atomic E-state index is 12.7. The van der Waals surface area contributed by atoms with Crippen LogP contribution in [0.1, 0.15) is 18.1 Å². The number of rotatable bonds is 6. The Morgan fingerprint density at radius 1 is 1.24 bits per heavy atom. The molecule has 1 N–H and O–H groups in total. The van der Waals surface area contributed by atoms with E-state index in [-0.39, 0.29) is 34.5 Å². The number of carbonyl (C=O) groups excluding carboxylic acids is 1. The van der Waals surface area contributed by atoms with Crippen LogP contribution in [0.2, 0.25) is 5.02 Å². The number of aliphatic imine (C=N–C) groups is 1. The molecule has 2 aliphatic heterocycles. The molecule has 0 aliphatic carbocycles. The predicted octanol–water partition coefficient (Wildman–Crippen LogP) is 4.38. The van der Waals surface area contributed by atoms with Gasteiger partial charge in [0, 0.05) is 5.41 Å². The number of nitrogens with zero attached hydrogens (tertiary/aromatic N) is 2. The Morgan fingerprint density at radius 2 is 1.97 bits per heavy atom. The van der Waals surface area contributed by atoms with Crippen molar-refractivity contribution in [3.05, 3.63) is 69.6 Å². The molecule has 2 heterocycles. The number of thioether (sulfide) groups is 1. The maximum absolute atomic E-state index is 12.7.